The lowest BCUT2D eigenvalue weighted by Crippen LogP contribution is -2.13. The van der Waals surface area contributed by atoms with Crippen molar-refractivity contribution in [2.45, 2.75) is 6.18 Å². The molecule has 0 radical (unpaired) electrons. The molecule has 0 amide bonds. The van der Waals surface area contributed by atoms with Gasteiger partial charge in [-0.2, -0.15) is 13.2 Å². The lowest BCUT2D eigenvalue weighted by molar-refractivity contribution is -0.137. The summed E-state index contributed by atoms with van der Waals surface area (Å²) in [4.78, 5) is 17.4. The molecule has 0 saturated heterocycles. The highest BCUT2D eigenvalue weighted by atomic mass is 19.4. The quantitative estimate of drug-likeness (QED) is 0.819. The van der Waals surface area contributed by atoms with E-state index < -0.39 is 17.3 Å². The van der Waals surface area contributed by atoms with Gasteiger partial charge in [-0.05, 0) is 17.7 Å². The van der Waals surface area contributed by atoms with Crippen molar-refractivity contribution in [3.8, 4) is 11.1 Å². The standard InChI is InChI=1S/C11H8F3N3O/c12-11(13,14)7-3-1-2-6(4-7)8-5-16-10(15)17-9(8)18/h1-5H,(H3,15,16,17,18). The van der Waals surface area contributed by atoms with Crippen molar-refractivity contribution >= 4 is 5.95 Å². The van der Waals surface area contributed by atoms with Crippen LogP contribution in [0.1, 0.15) is 5.56 Å². The SMILES string of the molecule is Nc1ncc(-c2cccc(C(F)(F)F)c2)c(=O)[nH]1. The van der Waals surface area contributed by atoms with Crippen LogP contribution in [0.4, 0.5) is 19.1 Å². The molecule has 94 valence electrons. The van der Waals surface area contributed by atoms with Crippen LogP contribution in [0.2, 0.25) is 0 Å². The van der Waals surface area contributed by atoms with Gasteiger partial charge in [0.2, 0.25) is 0 Å². The first-order chi connectivity index (χ1) is 8.38. The number of anilines is 1. The zero-order valence-electron chi connectivity index (χ0n) is 8.95. The average molecular weight is 255 g/mol. The summed E-state index contributed by atoms with van der Waals surface area (Å²) < 4.78 is 37.6. The highest BCUT2D eigenvalue weighted by Gasteiger charge is 2.30. The maximum atomic E-state index is 12.5. The molecule has 0 spiro atoms. The van der Waals surface area contributed by atoms with Gasteiger partial charge < -0.3 is 5.73 Å². The molecular weight excluding hydrogens is 247 g/mol. The number of halogens is 3. The molecule has 1 aromatic carbocycles. The van der Waals surface area contributed by atoms with E-state index in [1.54, 1.807) is 0 Å². The van der Waals surface area contributed by atoms with E-state index in [9.17, 15) is 18.0 Å². The fraction of sp³-hybridized carbons (Fsp3) is 0.0909. The van der Waals surface area contributed by atoms with Crippen molar-refractivity contribution in [1.82, 2.24) is 9.97 Å². The maximum Gasteiger partial charge on any atom is 0.416 e. The van der Waals surface area contributed by atoms with Gasteiger partial charge >= 0.3 is 6.18 Å². The van der Waals surface area contributed by atoms with E-state index in [1.165, 1.54) is 12.1 Å². The van der Waals surface area contributed by atoms with Gasteiger partial charge in [0, 0.05) is 6.20 Å². The summed E-state index contributed by atoms with van der Waals surface area (Å²) in [5.74, 6) is -0.0873. The van der Waals surface area contributed by atoms with Crippen molar-refractivity contribution < 1.29 is 13.2 Å². The third-order valence-corrected chi connectivity index (χ3v) is 2.32. The Hall–Kier alpha value is -2.31. The Balaban J connectivity index is 2.55. The zero-order valence-corrected chi connectivity index (χ0v) is 8.95. The minimum Gasteiger partial charge on any atom is -0.369 e. The molecule has 0 atom stereocenters. The molecule has 0 saturated carbocycles. The van der Waals surface area contributed by atoms with Gasteiger partial charge in [-0.15, -0.1) is 0 Å². The second-order valence-electron chi connectivity index (χ2n) is 3.59. The van der Waals surface area contributed by atoms with Crippen LogP contribution in [-0.4, -0.2) is 9.97 Å². The average Bonchev–Trinajstić information content (AvgIpc) is 2.28. The summed E-state index contributed by atoms with van der Waals surface area (Å²) in [5, 5.41) is 0. The Kier molecular flexibility index (Phi) is 2.82. The minimum atomic E-state index is -4.45. The van der Waals surface area contributed by atoms with Crippen LogP contribution in [-0.2, 0) is 6.18 Å². The number of nitrogens with zero attached hydrogens (tertiary/aromatic N) is 1. The monoisotopic (exact) mass is 255 g/mol. The lowest BCUT2D eigenvalue weighted by Gasteiger charge is -2.08. The summed E-state index contributed by atoms with van der Waals surface area (Å²) >= 11 is 0. The van der Waals surface area contributed by atoms with E-state index in [4.69, 9.17) is 5.73 Å². The van der Waals surface area contributed by atoms with Crippen molar-refractivity contribution in [2.24, 2.45) is 0 Å². The molecule has 1 aromatic heterocycles. The number of nitrogen functional groups attached to an aromatic ring is 1. The van der Waals surface area contributed by atoms with E-state index in [-0.39, 0.29) is 17.1 Å². The second kappa shape index (κ2) is 4.17. The van der Waals surface area contributed by atoms with Crippen LogP contribution >= 0.6 is 0 Å². The van der Waals surface area contributed by atoms with Crippen LogP contribution in [0.25, 0.3) is 11.1 Å². The molecule has 0 fully saturated rings. The topological polar surface area (TPSA) is 71.8 Å². The van der Waals surface area contributed by atoms with E-state index in [1.807, 2.05) is 0 Å². The Morgan fingerprint density at radius 2 is 2.00 bits per heavy atom. The molecule has 7 heteroatoms. The number of hydrogen-bond donors (Lipinski definition) is 2. The first kappa shape index (κ1) is 12.2. The number of hydrogen-bond acceptors (Lipinski definition) is 3. The molecule has 4 nitrogen and oxygen atoms in total. The highest BCUT2D eigenvalue weighted by molar-refractivity contribution is 5.62. The Bertz CT molecular complexity index is 634. The van der Waals surface area contributed by atoms with E-state index in [2.05, 4.69) is 9.97 Å². The molecule has 0 aliphatic heterocycles. The minimum absolute atomic E-state index is 0.0373. The smallest absolute Gasteiger partial charge is 0.369 e. The first-order valence-electron chi connectivity index (χ1n) is 4.90. The summed E-state index contributed by atoms with van der Waals surface area (Å²) in [5.41, 5.74) is 4.03. The molecule has 0 bridgehead atoms. The molecular formula is C11H8F3N3O. The molecule has 2 aromatic rings. The summed E-state index contributed by atoms with van der Waals surface area (Å²) in [6.45, 7) is 0. The fourth-order valence-corrected chi connectivity index (χ4v) is 1.48. The third kappa shape index (κ3) is 2.34. The molecule has 18 heavy (non-hydrogen) atoms. The van der Waals surface area contributed by atoms with Gasteiger partial charge in [0.15, 0.2) is 5.95 Å². The predicted octanol–water partition coefficient (Wildman–Crippen LogP) is 2.04. The molecule has 2 rings (SSSR count). The van der Waals surface area contributed by atoms with E-state index in [0.29, 0.717) is 0 Å². The number of H-pyrrole nitrogens is 1. The lowest BCUT2D eigenvalue weighted by atomic mass is 10.1. The van der Waals surface area contributed by atoms with Gasteiger partial charge in [0.25, 0.3) is 5.56 Å². The molecule has 3 N–H and O–H groups in total. The third-order valence-electron chi connectivity index (χ3n) is 2.32. The Labute approximate surface area is 99.3 Å². The zero-order chi connectivity index (χ0) is 13.3. The van der Waals surface area contributed by atoms with Crippen LogP contribution < -0.4 is 11.3 Å². The molecule has 0 aliphatic rings. The first-order valence-corrected chi connectivity index (χ1v) is 4.90. The predicted molar refractivity (Wildman–Crippen MR) is 59.7 cm³/mol. The van der Waals surface area contributed by atoms with Gasteiger partial charge in [-0.3, -0.25) is 9.78 Å². The summed E-state index contributed by atoms with van der Waals surface area (Å²) in [6, 6.07) is 4.45. The second-order valence-corrected chi connectivity index (χ2v) is 3.59. The van der Waals surface area contributed by atoms with Gasteiger partial charge in [-0.1, -0.05) is 12.1 Å². The van der Waals surface area contributed by atoms with Gasteiger partial charge in [-0.25, -0.2) is 4.98 Å². The van der Waals surface area contributed by atoms with Crippen LogP contribution in [0.5, 0.6) is 0 Å². The van der Waals surface area contributed by atoms with Crippen molar-refractivity contribution in [3.05, 3.63) is 46.4 Å². The van der Waals surface area contributed by atoms with Gasteiger partial charge in [0.05, 0.1) is 11.1 Å². The number of aromatic nitrogens is 2. The number of aromatic amines is 1. The number of rotatable bonds is 1. The molecule has 0 unspecified atom stereocenters. The molecule has 1 heterocycles. The number of nitrogens with one attached hydrogen (secondary N) is 1. The van der Waals surface area contributed by atoms with Gasteiger partial charge in [0.1, 0.15) is 0 Å². The number of benzene rings is 1. The van der Waals surface area contributed by atoms with Crippen LogP contribution in [0.3, 0.4) is 0 Å². The van der Waals surface area contributed by atoms with Crippen molar-refractivity contribution in [1.29, 1.82) is 0 Å². The van der Waals surface area contributed by atoms with E-state index in [0.717, 1.165) is 18.3 Å². The highest BCUT2D eigenvalue weighted by Crippen LogP contribution is 2.31. The maximum absolute atomic E-state index is 12.5. The Morgan fingerprint density at radius 1 is 1.28 bits per heavy atom. The summed E-state index contributed by atoms with van der Waals surface area (Å²) in [6.07, 6.45) is -3.31. The van der Waals surface area contributed by atoms with Crippen LogP contribution in [0, 0.1) is 0 Å². The Morgan fingerprint density at radius 3 is 2.61 bits per heavy atom. The van der Waals surface area contributed by atoms with E-state index >= 15 is 0 Å². The van der Waals surface area contributed by atoms with Crippen LogP contribution in [0.15, 0.2) is 35.3 Å². The largest absolute Gasteiger partial charge is 0.416 e. The number of alkyl halides is 3. The number of nitrogens with two attached hydrogens (primary N) is 1. The summed E-state index contributed by atoms with van der Waals surface area (Å²) in [7, 11) is 0. The van der Waals surface area contributed by atoms with Crippen molar-refractivity contribution in [2.75, 3.05) is 5.73 Å². The normalized spacial score (nSPS) is 11.5. The molecule has 0 aliphatic carbocycles. The van der Waals surface area contributed by atoms with Crippen molar-refractivity contribution in [3.63, 3.8) is 0 Å². The fourth-order valence-electron chi connectivity index (χ4n) is 1.48.